The van der Waals surface area contributed by atoms with Crippen molar-refractivity contribution in [3.05, 3.63) is 35.6 Å². The number of carbonyl (C=O) groups excluding carboxylic acids is 1. The lowest BCUT2D eigenvalue weighted by atomic mass is 9.99. The number of amides is 1. The van der Waals surface area contributed by atoms with Crippen LogP contribution in [0.5, 0.6) is 0 Å². The standard InChI is InChI=1S/C18H26FN3O2/c1-20-14-5-4-8-22(13-14)18(23)17(21-9-11-24-12-10-21)15-6-2-3-7-16(15)19/h2-3,6-7,14,17,20H,4-5,8-13H2,1H3/t14-,17-/m0/s1. The van der Waals surface area contributed by atoms with E-state index in [1.165, 1.54) is 6.07 Å². The number of nitrogens with zero attached hydrogens (tertiary/aromatic N) is 2. The van der Waals surface area contributed by atoms with Crippen LogP contribution >= 0.6 is 0 Å². The highest BCUT2D eigenvalue weighted by Crippen LogP contribution is 2.27. The molecule has 2 aliphatic heterocycles. The normalized spacial score (nSPS) is 23.9. The summed E-state index contributed by atoms with van der Waals surface area (Å²) in [7, 11) is 1.93. The van der Waals surface area contributed by atoms with Gasteiger partial charge in [-0.25, -0.2) is 4.39 Å². The van der Waals surface area contributed by atoms with Crippen LogP contribution in [-0.2, 0) is 9.53 Å². The molecule has 2 heterocycles. The Hall–Kier alpha value is -1.50. The van der Waals surface area contributed by atoms with Gasteiger partial charge in [-0.1, -0.05) is 18.2 Å². The molecular formula is C18H26FN3O2. The Morgan fingerprint density at radius 1 is 1.29 bits per heavy atom. The van der Waals surface area contributed by atoms with Crippen molar-refractivity contribution in [3.8, 4) is 0 Å². The van der Waals surface area contributed by atoms with Crippen LogP contribution in [0.25, 0.3) is 0 Å². The van der Waals surface area contributed by atoms with E-state index in [9.17, 15) is 9.18 Å². The summed E-state index contributed by atoms with van der Waals surface area (Å²) in [5, 5.41) is 3.26. The highest BCUT2D eigenvalue weighted by molar-refractivity contribution is 5.83. The zero-order valence-electron chi connectivity index (χ0n) is 14.2. The maximum absolute atomic E-state index is 14.4. The molecule has 2 fully saturated rings. The highest BCUT2D eigenvalue weighted by Gasteiger charge is 2.35. The third-order valence-electron chi connectivity index (χ3n) is 4.99. The van der Waals surface area contributed by atoms with Crippen LogP contribution in [-0.4, -0.2) is 68.2 Å². The lowest BCUT2D eigenvalue weighted by Gasteiger charge is -2.39. The van der Waals surface area contributed by atoms with Crippen LogP contribution in [0.1, 0.15) is 24.4 Å². The predicted molar refractivity (Wildman–Crippen MR) is 90.2 cm³/mol. The first-order valence-corrected chi connectivity index (χ1v) is 8.73. The molecule has 2 aliphatic rings. The Balaban J connectivity index is 1.86. The van der Waals surface area contributed by atoms with Gasteiger partial charge in [0.2, 0.25) is 5.91 Å². The summed E-state index contributed by atoms with van der Waals surface area (Å²) in [5.41, 5.74) is 0.469. The van der Waals surface area contributed by atoms with Crippen molar-refractivity contribution >= 4 is 5.91 Å². The average Bonchev–Trinajstić information content (AvgIpc) is 2.64. The van der Waals surface area contributed by atoms with Gasteiger partial charge in [-0.3, -0.25) is 9.69 Å². The summed E-state index contributed by atoms with van der Waals surface area (Å²) in [6.07, 6.45) is 2.05. The quantitative estimate of drug-likeness (QED) is 0.904. The number of carbonyl (C=O) groups is 1. The third-order valence-corrected chi connectivity index (χ3v) is 4.99. The van der Waals surface area contributed by atoms with Crippen LogP contribution in [0.4, 0.5) is 4.39 Å². The minimum atomic E-state index is -0.564. The molecule has 3 rings (SSSR count). The van der Waals surface area contributed by atoms with Crippen molar-refractivity contribution in [3.63, 3.8) is 0 Å². The van der Waals surface area contributed by atoms with Gasteiger partial charge in [0, 0.05) is 37.8 Å². The second kappa shape index (κ2) is 8.05. The van der Waals surface area contributed by atoms with Crippen LogP contribution in [0, 0.1) is 5.82 Å². The first-order valence-electron chi connectivity index (χ1n) is 8.73. The number of hydrogen-bond acceptors (Lipinski definition) is 4. The molecule has 0 radical (unpaired) electrons. The number of halogens is 1. The van der Waals surface area contributed by atoms with Crippen molar-refractivity contribution < 1.29 is 13.9 Å². The molecule has 132 valence electrons. The topological polar surface area (TPSA) is 44.8 Å². The van der Waals surface area contributed by atoms with E-state index in [4.69, 9.17) is 4.74 Å². The van der Waals surface area contributed by atoms with Gasteiger partial charge in [0.25, 0.3) is 0 Å². The Labute approximate surface area is 142 Å². The molecule has 0 saturated carbocycles. The number of benzene rings is 1. The molecule has 0 aromatic heterocycles. The van der Waals surface area contributed by atoms with Gasteiger partial charge >= 0.3 is 0 Å². The Bertz CT molecular complexity index is 563. The summed E-state index contributed by atoms with van der Waals surface area (Å²) in [4.78, 5) is 17.2. The van der Waals surface area contributed by atoms with Gasteiger partial charge in [-0.15, -0.1) is 0 Å². The fraction of sp³-hybridized carbons (Fsp3) is 0.611. The third kappa shape index (κ3) is 3.77. The molecule has 5 nitrogen and oxygen atoms in total. The van der Waals surface area contributed by atoms with Crippen LogP contribution in [0.2, 0.25) is 0 Å². The molecule has 24 heavy (non-hydrogen) atoms. The maximum Gasteiger partial charge on any atom is 0.244 e. The van der Waals surface area contributed by atoms with Crippen molar-refractivity contribution in [2.45, 2.75) is 24.9 Å². The number of likely N-dealkylation sites (N-methyl/N-ethyl adjacent to an activating group) is 1. The molecule has 0 unspecified atom stereocenters. The smallest absolute Gasteiger partial charge is 0.244 e. The number of rotatable bonds is 4. The minimum Gasteiger partial charge on any atom is -0.379 e. The van der Waals surface area contributed by atoms with Gasteiger partial charge in [-0.05, 0) is 26.0 Å². The van der Waals surface area contributed by atoms with Crippen LogP contribution in [0.15, 0.2) is 24.3 Å². The summed E-state index contributed by atoms with van der Waals surface area (Å²) in [6.45, 7) is 3.88. The molecule has 2 saturated heterocycles. The molecule has 0 bridgehead atoms. The molecular weight excluding hydrogens is 309 g/mol. The Morgan fingerprint density at radius 3 is 2.75 bits per heavy atom. The number of piperidine rings is 1. The second-order valence-corrected chi connectivity index (χ2v) is 6.48. The van der Waals surface area contributed by atoms with E-state index in [1.54, 1.807) is 18.2 Å². The first-order chi connectivity index (χ1) is 11.7. The molecule has 1 N–H and O–H groups in total. The summed E-state index contributed by atoms with van der Waals surface area (Å²) < 4.78 is 19.8. The molecule has 1 aromatic rings. The van der Waals surface area contributed by atoms with E-state index in [0.717, 1.165) is 19.4 Å². The first kappa shape index (κ1) is 17.3. The van der Waals surface area contributed by atoms with Gasteiger partial charge in [0.05, 0.1) is 13.2 Å². The fourth-order valence-corrected chi connectivity index (χ4v) is 3.60. The van der Waals surface area contributed by atoms with Crippen molar-refractivity contribution in [2.24, 2.45) is 0 Å². The summed E-state index contributed by atoms with van der Waals surface area (Å²) >= 11 is 0. The van der Waals surface area contributed by atoms with E-state index >= 15 is 0 Å². The number of hydrogen-bond donors (Lipinski definition) is 1. The largest absolute Gasteiger partial charge is 0.379 e. The monoisotopic (exact) mass is 335 g/mol. The SMILES string of the molecule is CN[C@H]1CCCN(C(=O)[C@H](c2ccccc2F)N2CCOCC2)C1. The summed E-state index contributed by atoms with van der Waals surface area (Å²) in [5.74, 6) is -0.313. The van der Waals surface area contributed by atoms with Crippen molar-refractivity contribution in [1.82, 2.24) is 15.1 Å². The van der Waals surface area contributed by atoms with E-state index in [1.807, 2.05) is 16.8 Å². The average molecular weight is 335 g/mol. The second-order valence-electron chi connectivity index (χ2n) is 6.48. The fourth-order valence-electron chi connectivity index (χ4n) is 3.60. The highest BCUT2D eigenvalue weighted by atomic mass is 19.1. The molecule has 1 aromatic carbocycles. The van der Waals surface area contributed by atoms with Gasteiger partial charge in [0.15, 0.2) is 0 Å². The van der Waals surface area contributed by atoms with E-state index in [-0.39, 0.29) is 11.7 Å². The zero-order chi connectivity index (χ0) is 16.9. The zero-order valence-corrected chi connectivity index (χ0v) is 14.2. The molecule has 6 heteroatoms. The van der Waals surface area contributed by atoms with E-state index in [0.29, 0.717) is 44.5 Å². The molecule has 2 atom stereocenters. The Kier molecular flexibility index (Phi) is 5.81. The maximum atomic E-state index is 14.4. The van der Waals surface area contributed by atoms with Crippen molar-refractivity contribution in [2.75, 3.05) is 46.4 Å². The van der Waals surface area contributed by atoms with Gasteiger partial charge in [0.1, 0.15) is 11.9 Å². The summed E-state index contributed by atoms with van der Waals surface area (Å²) in [6, 6.07) is 6.37. The van der Waals surface area contributed by atoms with Crippen molar-refractivity contribution in [1.29, 1.82) is 0 Å². The predicted octanol–water partition coefficient (Wildman–Crippen LogP) is 1.41. The van der Waals surface area contributed by atoms with Crippen LogP contribution in [0.3, 0.4) is 0 Å². The number of nitrogens with one attached hydrogen (secondary N) is 1. The minimum absolute atomic E-state index is 0.00181. The molecule has 0 spiro atoms. The Morgan fingerprint density at radius 2 is 2.04 bits per heavy atom. The van der Waals surface area contributed by atoms with E-state index < -0.39 is 6.04 Å². The number of ether oxygens (including phenoxy) is 1. The lowest BCUT2D eigenvalue weighted by Crippen LogP contribution is -2.52. The number of likely N-dealkylation sites (tertiary alicyclic amines) is 1. The van der Waals surface area contributed by atoms with Crippen LogP contribution < -0.4 is 5.32 Å². The number of morpholine rings is 1. The van der Waals surface area contributed by atoms with Gasteiger partial charge < -0.3 is 15.0 Å². The molecule has 0 aliphatic carbocycles. The van der Waals surface area contributed by atoms with E-state index in [2.05, 4.69) is 5.32 Å². The molecule has 1 amide bonds. The lowest BCUT2D eigenvalue weighted by molar-refractivity contribution is -0.140. The van der Waals surface area contributed by atoms with Gasteiger partial charge in [-0.2, -0.15) is 0 Å².